The van der Waals surface area contributed by atoms with E-state index in [9.17, 15) is 4.79 Å². The van der Waals surface area contributed by atoms with Crippen molar-refractivity contribution >= 4 is 21.8 Å². The van der Waals surface area contributed by atoms with Crippen LogP contribution in [0.3, 0.4) is 0 Å². The SMILES string of the molecule is CC(C)(C(=O)N1CCC2(CCNC2)CC1)c1ccc(Br)cc1. The first-order chi connectivity index (χ1) is 10.4. The van der Waals surface area contributed by atoms with Gasteiger partial charge in [0.05, 0.1) is 5.41 Å². The predicted octanol–water partition coefficient (Wildman–Crippen LogP) is 3.33. The molecule has 2 aliphatic rings. The molecule has 0 unspecified atom stereocenters. The molecule has 0 saturated carbocycles. The van der Waals surface area contributed by atoms with E-state index in [4.69, 9.17) is 0 Å². The number of carbonyl (C=O) groups excluding carboxylic acids is 1. The van der Waals surface area contributed by atoms with Crippen LogP contribution in [0.4, 0.5) is 0 Å². The molecule has 0 aromatic heterocycles. The maximum absolute atomic E-state index is 13.0. The zero-order valence-electron chi connectivity index (χ0n) is 13.5. The van der Waals surface area contributed by atoms with Crippen LogP contribution in [0, 0.1) is 5.41 Å². The van der Waals surface area contributed by atoms with Gasteiger partial charge in [-0.15, -0.1) is 0 Å². The predicted molar refractivity (Wildman–Crippen MR) is 92.9 cm³/mol. The summed E-state index contributed by atoms with van der Waals surface area (Å²) in [5, 5.41) is 3.48. The van der Waals surface area contributed by atoms with E-state index in [1.165, 1.54) is 6.42 Å². The minimum atomic E-state index is -0.459. The van der Waals surface area contributed by atoms with Gasteiger partial charge in [-0.1, -0.05) is 28.1 Å². The fraction of sp³-hybridized carbons (Fsp3) is 0.611. The summed E-state index contributed by atoms with van der Waals surface area (Å²) in [6, 6.07) is 8.13. The Kier molecular flexibility index (Phi) is 4.34. The highest BCUT2D eigenvalue weighted by Crippen LogP contribution is 2.38. The number of hydrogen-bond acceptors (Lipinski definition) is 2. The lowest BCUT2D eigenvalue weighted by atomic mass is 9.76. The smallest absolute Gasteiger partial charge is 0.232 e. The molecule has 2 heterocycles. The van der Waals surface area contributed by atoms with Crippen LogP contribution in [0.1, 0.15) is 38.7 Å². The molecule has 1 amide bonds. The van der Waals surface area contributed by atoms with Crippen molar-refractivity contribution in [1.82, 2.24) is 10.2 Å². The molecule has 0 atom stereocenters. The Hall–Kier alpha value is -0.870. The van der Waals surface area contributed by atoms with E-state index in [1.54, 1.807) is 0 Å². The van der Waals surface area contributed by atoms with Gasteiger partial charge in [-0.3, -0.25) is 4.79 Å². The first kappa shape index (κ1) is 16.0. The van der Waals surface area contributed by atoms with E-state index < -0.39 is 5.41 Å². The highest BCUT2D eigenvalue weighted by molar-refractivity contribution is 9.10. The monoisotopic (exact) mass is 364 g/mol. The third-order valence-electron chi connectivity index (χ3n) is 5.54. The molecule has 0 radical (unpaired) electrons. The van der Waals surface area contributed by atoms with Gasteiger partial charge in [0.1, 0.15) is 0 Å². The van der Waals surface area contributed by atoms with E-state index in [2.05, 4.69) is 26.1 Å². The Morgan fingerprint density at radius 2 is 1.82 bits per heavy atom. The van der Waals surface area contributed by atoms with Gasteiger partial charge >= 0.3 is 0 Å². The summed E-state index contributed by atoms with van der Waals surface area (Å²) in [6.45, 7) is 8.16. The molecule has 2 fully saturated rings. The zero-order chi connectivity index (χ0) is 15.8. The van der Waals surface area contributed by atoms with Crippen molar-refractivity contribution in [2.75, 3.05) is 26.2 Å². The largest absolute Gasteiger partial charge is 0.342 e. The summed E-state index contributed by atoms with van der Waals surface area (Å²) in [5.74, 6) is 0.260. The molecule has 1 aromatic carbocycles. The number of likely N-dealkylation sites (tertiary alicyclic amines) is 1. The fourth-order valence-electron chi connectivity index (χ4n) is 3.79. The third kappa shape index (κ3) is 2.95. The third-order valence-corrected chi connectivity index (χ3v) is 6.07. The highest BCUT2D eigenvalue weighted by Gasteiger charge is 2.41. The second-order valence-electron chi connectivity index (χ2n) is 7.35. The lowest BCUT2D eigenvalue weighted by Gasteiger charge is -2.41. The van der Waals surface area contributed by atoms with Crippen molar-refractivity contribution in [3.63, 3.8) is 0 Å². The van der Waals surface area contributed by atoms with Crippen LogP contribution in [0.25, 0.3) is 0 Å². The molecule has 1 N–H and O–H groups in total. The van der Waals surface area contributed by atoms with Crippen LogP contribution in [0.5, 0.6) is 0 Å². The van der Waals surface area contributed by atoms with Crippen molar-refractivity contribution in [2.24, 2.45) is 5.41 Å². The average molecular weight is 365 g/mol. The van der Waals surface area contributed by atoms with Crippen LogP contribution in [-0.4, -0.2) is 37.0 Å². The second kappa shape index (κ2) is 5.97. The summed E-state index contributed by atoms with van der Waals surface area (Å²) in [6.07, 6.45) is 3.55. The lowest BCUT2D eigenvalue weighted by Crippen LogP contribution is -2.49. The van der Waals surface area contributed by atoms with Gasteiger partial charge in [-0.05, 0) is 62.8 Å². The number of hydrogen-bond donors (Lipinski definition) is 1. The Labute approximate surface area is 141 Å². The van der Waals surface area contributed by atoms with E-state index in [0.717, 1.165) is 49.1 Å². The number of nitrogens with zero attached hydrogens (tertiary/aromatic N) is 1. The molecule has 0 aliphatic carbocycles. The minimum absolute atomic E-state index is 0.260. The van der Waals surface area contributed by atoms with Crippen LogP contribution in [0.15, 0.2) is 28.7 Å². The molecule has 2 aliphatic heterocycles. The summed E-state index contributed by atoms with van der Waals surface area (Å²) in [7, 11) is 0. The van der Waals surface area contributed by atoms with E-state index in [-0.39, 0.29) is 5.91 Å². The van der Waals surface area contributed by atoms with Crippen molar-refractivity contribution in [1.29, 1.82) is 0 Å². The Bertz CT molecular complexity index is 537. The van der Waals surface area contributed by atoms with Crippen molar-refractivity contribution in [3.8, 4) is 0 Å². The topological polar surface area (TPSA) is 32.3 Å². The number of rotatable bonds is 2. The molecule has 120 valence electrons. The average Bonchev–Trinajstić information content (AvgIpc) is 2.96. The lowest BCUT2D eigenvalue weighted by molar-refractivity contribution is -0.138. The van der Waals surface area contributed by atoms with Crippen molar-refractivity contribution in [2.45, 2.75) is 38.5 Å². The number of carbonyl (C=O) groups is 1. The standard InChI is InChI=1S/C18H25BrN2O/c1-17(2,14-3-5-15(19)6-4-14)16(22)21-11-8-18(9-12-21)7-10-20-13-18/h3-6,20H,7-13H2,1-2H3. The fourth-order valence-corrected chi connectivity index (χ4v) is 4.06. The molecule has 0 bridgehead atoms. The Morgan fingerprint density at radius 3 is 2.36 bits per heavy atom. The van der Waals surface area contributed by atoms with E-state index in [1.807, 2.05) is 38.1 Å². The highest BCUT2D eigenvalue weighted by atomic mass is 79.9. The van der Waals surface area contributed by atoms with Crippen molar-refractivity contribution < 1.29 is 4.79 Å². The van der Waals surface area contributed by atoms with Gasteiger partial charge in [0.2, 0.25) is 5.91 Å². The molecule has 4 heteroatoms. The molecule has 3 nitrogen and oxygen atoms in total. The van der Waals surface area contributed by atoms with Gasteiger partial charge in [0, 0.05) is 24.1 Å². The van der Waals surface area contributed by atoms with Crippen molar-refractivity contribution in [3.05, 3.63) is 34.3 Å². The number of benzene rings is 1. The molecular weight excluding hydrogens is 340 g/mol. The van der Waals surface area contributed by atoms with Crippen LogP contribution in [0.2, 0.25) is 0 Å². The van der Waals surface area contributed by atoms with Gasteiger partial charge in [-0.25, -0.2) is 0 Å². The first-order valence-corrected chi connectivity index (χ1v) is 8.98. The first-order valence-electron chi connectivity index (χ1n) is 8.19. The summed E-state index contributed by atoms with van der Waals surface area (Å²) in [5.41, 5.74) is 1.08. The summed E-state index contributed by atoms with van der Waals surface area (Å²) in [4.78, 5) is 15.1. The van der Waals surface area contributed by atoms with Crippen LogP contribution >= 0.6 is 15.9 Å². The number of halogens is 1. The van der Waals surface area contributed by atoms with E-state index >= 15 is 0 Å². The molecule has 22 heavy (non-hydrogen) atoms. The molecule has 1 spiro atoms. The van der Waals surface area contributed by atoms with Gasteiger partial charge < -0.3 is 10.2 Å². The van der Waals surface area contributed by atoms with E-state index in [0.29, 0.717) is 5.41 Å². The number of amides is 1. The zero-order valence-corrected chi connectivity index (χ0v) is 15.1. The Balaban J connectivity index is 1.69. The van der Waals surface area contributed by atoms with Gasteiger partial charge in [0.15, 0.2) is 0 Å². The van der Waals surface area contributed by atoms with Gasteiger partial charge in [-0.2, -0.15) is 0 Å². The van der Waals surface area contributed by atoms with Crippen LogP contribution < -0.4 is 5.32 Å². The minimum Gasteiger partial charge on any atom is -0.342 e. The number of nitrogens with one attached hydrogen (secondary N) is 1. The molecular formula is C18H25BrN2O. The molecule has 1 aromatic rings. The maximum atomic E-state index is 13.0. The molecule has 3 rings (SSSR count). The quantitative estimate of drug-likeness (QED) is 0.872. The molecule has 2 saturated heterocycles. The Morgan fingerprint density at radius 1 is 1.18 bits per heavy atom. The normalized spacial score (nSPS) is 21.3. The summed E-state index contributed by atoms with van der Waals surface area (Å²) < 4.78 is 1.05. The van der Waals surface area contributed by atoms with Crippen LogP contribution in [-0.2, 0) is 10.2 Å². The maximum Gasteiger partial charge on any atom is 0.232 e. The number of piperidine rings is 1. The summed E-state index contributed by atoms with van der Waals surface area (Å²) >= 11 is 3.46. The van der Waals surface area contributed by atoms with Gasteiger partial charge in [0.25, 0.3) is 0 Å². The second-order valence-corrected chi connectivity index (χ2v) is 8.27.